The average Bonchev–Trinajstić information content (AvgIpc) is 2.03. The molecule has 0 atom stereocenters. The van der Waals surface area contributed by atoms with E-state index in [0.29, 0.717) is 0 Å². The molecule has 0 heterocycles. The second-order valence-electron chi connectivity index (χ2n) is 2.34. The van der Waals surface area contributed by atoms with Crippen molar-refractivity contribution in [2.75, 3.05) is 27.4 Å². The molecule has 0 aliphatic rings. The van der Waals surface area contributed by atoms with Gasteiger partial charge in [-0.05, 0) is 0 Å². The van der Waals surface area contributed by atoms with Crippen molar-refractivity contribution in [1.82, 2.24) is 0 Å². The topological polar surface area (TPSA) is 27.7 Å². The van der Waals surface area contributed by atoms with Crippen LogP contribution in [0.25, 0.3) is 0 Å². The number of hydrogen-bond acceptors (Lipinski definition) is 3. The van der Waals surface area contributed by atoms with Gasteiger partial charge in [0.1, 0.15) is 0 Å². The summed E-state index contributed by atoms with van der Waals surface area (Å²) in [6.45, 7) is -0.365. The van der Waals surface area contributed by atoms with Crippen molar-refractivity contribution in [3.63, 3.8) is 0 Å². The normalized spacial score (nSPS) is 12.5. The fourth-order valence-corrected chi connectivity index (χ4v) is 0.600. The van der Waals surface area contributed by atoms with E-state index in [1.165, 1.54) is 14.2 Å². The van der Waals surface area contributed by atoms with Crippen molar-refractivity contribution < 1.29 is 27.4 Å². The Balaban J connectivity index is 3.34. The number of hydrogen-bond donors (Lipinski definition) is 0. The smallest absolute Gasteiger partial charge is 0.376 e. The molecule has 0 unspecified atom stereocenters. The average molecular weight is 202 g/mol. The van der Waals surface area contributed by atoms with E-state index >= 15 is 0 Å². The largest absolute Gasteiger partial charge is 0.391 e. The Morgan fingerprint density at radius 1 is 1.15 bits per heavy atom. The number of rotatable bonds is 6. The monoisotopic (exact) mass is 202 g/mol. The van der Waals surface area contributed by atoms with Gasteiger partial charge in [-0.15, -0.1) is 0 Å². The molecule has 0 spiro atoms. The summed E-state index contributed by atoms with van der Waals surface area (Å²) in [7, 11) is 2.78. The van der Waals surface area contributed by atoms with Gasteiger partial charge in [-0.3, -0.25) is 0 Å². The molecule has 0 fully saturated rings. The number of methoxy groups -OCH3 is 2. The minimum Gasteiger partial charge on any atom is -0.376 e. The van der Waals surface area contributed by atoms with Gasteiger partial charge in [0, 0.05) is 14.2 Å². The lowest BCUT2D eigenvalue weighted by Gasteiger charge is -2.13. The Kier molecular flexibility index (Phi) is 6.02. The zero-order valence-electron chi connectivity index (χ0n) is 7.56. The van der Waals surface area contributed by atoms with Crippen LogP contribution in [0.2, 0.25) is 0 Å². The lowest BCUT2D eigenvalue weighted by atomic mass is 10.4. The van der Waals surface area contributed by atoms with Crippen molar-refractivity contribution in [1.29, 1.82) is 0 Å². The quantitative estimate of drug-likeness (QED) is 0.483. The predicted octanol–water partition coefficient (Wildman–Crippen LogP) is 1.57. The third-order valence-electron chi connectivity index (χ3n) is 1.31. The molecule has 80 valence electrons. The fraction of sp³-hybridized carbons (Fsp3) is 1.00. The third kappa shape index (κ3) is 8.01. The van der Waals surface area contributed by atoms with Crippen molar-refractivity contribution in [3.8, 4) is 0 Å². The SMILES string of the molecule is COC(COCCC(F)(F)F)OC. The summed E-state index contributed by atoms with van der Waals surface area (Å²) in [6.07, 6.45) is -5.73. The van der Waals surface area contributed by atoms with Gasteiger partial charge in [0.05, 0.1) is 19.6 Å². The van der Waals surface area contributed by atoms with E-state index in [2.05, 4.69) is 4.74 Å². The first-order valence-corrected chi connectivity index (χ1v) is 3.69. The van der Waals surface area contributed by atoms with E-state index in [9.17, 15) is 13.2 Å². The Labute approximate surface area is 74.8 Å². The van der Waals surface area contributed by atoms with Gasteiger partial charge in [-0.25, -0.2) is 0 Å². The van der Waals surface area contributed by atoms with Crippen LogP contribution in [0.5, 0.6) is 0 Å². The molecular weight excluding hydrogens is 189 g/mol. The summed E-state index contributed by atoms with van der Waals surface area (Å²) < 4.78 is 48.9. The molecule has 3 nitrogen and oxygen atoms in total. The number of alkyl halides is 3. The van der Waals surface area contributed by atoms with Crippen LogP contribution in [0, 0.1) is 0 Å². The Morgan fingerprint density at radius 2 is 1.69 bits per heavy atom. The Morgan fingerprint density at radius 3 is 2.08 bits per heavy atom. The molecule has 0 aromatic carbocycles. The highest BCUT2D eigenvalue weighted by Crippen LogP contribution is 2.18. The maximum Gasteiger partial charge on any atom is 0.391 e. The lowest BCUT2D eigenvalue weighted by Crippen LogP contribution is -2.22. The summed E-state index contributed by atoms with van der Waals surface area (Å²) in [5, 5.41) is 0. The first-order chi connectivity index (χ1) is 5.99. The molecule has 0 saturated carbocycles. The highest BCUT2D eigenvalue weighted by molar-refractivity contribution is 4.48. The van der Waals surface area contributed by atoms with Crippen molar-refractivity contribution in [2.45, 2.75) is 18.9 Å². The van der Waals surface area contributed by atoms with E-state index < -0.39 is 18.9 Å². The molecule has 0 aliphatic carbocycles. The second kappa shape index (κ2) is 6.17. The third-order valence-corrected chi connectivity index (χ3v) is 1.31. The van der Waals surface area contributed by atoms with Crippen molar-refractivity contribution in [3.05, 3.63) is 0 Å². The number of halogens is 3. The van der Waals surface area contributed by atoms with Crippen LogP contribution < -0.4 is 0 Å². The molecular formula is C7H13F3O3. The van der Waals surface area contributed by atoms with Crippen LogP contribution in [0.4, 0.5) is 13.2 Å². The van der Waals surface area contributed by atoms with Crippen LogP contribution in [0.3, 0.4) is 0 Å². The summed E-state index contributed by atoms with van der Waals surface area (Å²) in [4.78, 5) is 0. The minimum atomic E-state index is -4.17. The molecule has 0 amide bonds. The van der Waals surface area contributed by atoms with Crippen LogP contribution in [-0.4, -0.2) is 39.9 Å². The molecule has 0 N–H and O–H groups in total. The maximum absolute atomic E-state index is 11.6. The summed E-state index contributed by atoms with van der Waals surface area (Å²) in [6, 6.07) is 0. The second-order valence-corrected chi connectivity index (χ2v) is 2.34. The zero-order valence-corrected chi connectivity index (χ0v) is 7.56. The van der Waals surface area contributed by atoms with Crippen molar-refractivity contribution in [2.24, 2.45) is 0 Å². The van der Waals surface area contributed by atoms with Crippen molar-refractivity contribution >= 4 is 0 Å². The van der Waals surface area contributed by atoms with Gasteiger partial charge in [-0.2, -0.15) is 13.2 Å². The molecule has 0 radical (unpaired) electrons. The minimum absolute atomic E-state index is 0.00306. The molecule has 0 rings (SSSR count). The Bertz CT molecular complexity index is 123. The standard InChI is InChI=1S/C7H13F3O3/c1-11-6(12-2)5-13-4-3-7(8,9)10/h6H,3-5H2,1-2H3. The highest BCUT2D eigenvalue weighted by atomic mass is 19.4. The van der Waals surface area contributed by atoms with Gasteiger partial charge >= 0.3 is 6.18 Å². The van der Waals surface area contributed by atoms with Gasteiger partial charge in [0.15, 0.2) is 6.29 Å². The van der Waals surface area contributed by atoms with Gasteiger partial charge in [-0.1, -0.05) is 0 Å². The number of ether oxygens (including phenoxy) is 3. The van der Waals surface area contributed by atoms with Crippen LogP contribution in [0.15, 0.2) is 0 Å². The predicted molar refractivity (Wildman–Crippen MR) is 39.3 cm³/mol. The van der Waals surface area contributed by atoms with E-state index in [1.54, 1.807) is 0 Å². The van der Waals surface area contributed by atoms with E-state index in [-0.39, 0.29) is 13.2 Å². The first-order valence-electron chi connectivity index (χ1n) is 3.69. The first kappa shape index (κ1) is 12.7. The molecule has 0 aromatic heterocycles. The fourth-order valence-electron chi connectivity index (χ4n) is 0.600. The van der Waals surface area contributed by atoms with E-state index in [1.807, 2.05) is 0 Å². The van der Waals surface area contributed by atoms with E-state index in [4.69, 9.17) is 9.47 Å². The van der Waals surface area contributed by atoms with E-state index in [0.717, 1.165) is 0 Å². The summed E-state index contributed by atoms with van der Waals surface area (Å²) in [5.41, 5.74) is 0. The summed E-state index contributed by atoms with van der Waals surface area (Å²) >= 11 is 0. The Hall–Kier alpha value is -0.330. The molecule has 0 aromatic rings. The molecule has 0 bridgehead atoms. The summed E-state index contributed by atoms with van der Waals surface area (Å²) in [5.74, 6) is 0. The molecule has 0 aliphatic heterocycles. The van der Waals surface area contributed by atoms with Gasteiger partial charge in [0.25, 0.3) is 0 Å². The molecule has 13 heavy (non-hydrogen) atoms. The molecule has 0 saturated heterocycles. The maximum atomic E-state index is 11.6. The van der Waals surface area contributed by atoms with Crippen LogP contribution in [0.1, 0.15) is 6.42 Å². The lowest BCUT2D eigenvalue weighted by molar-refractivity contribution is -0.166. The van der Waals surface area contributed by atoms with Crippen LogP contribution >= 0.6 is 0 Å². The zero-order chi connectivity index (χ0) is 10.3. The highest BCUT2D eigenvalue weighted by Gasteiger charge is 2.26. The van der Waals surface area contributed by atoms with Gasteiger partial charge < -0.3 is 14.2 Å². The molecule has 6 heteroatoms. The van der Waals surface area contributed by atoms with Crippen LogP contribution in [-0.2, 0) is 14.2 Å². The van der Waals surface area contributed by atoms with Gasteiger partial charge in [0.2, 0.25) is 0 Å².